The minimum absolute atomic E-state index is 0.0128. The van der Waals surface area contributed by atoms with Gasteiger partial charge in [-0.15, -0.1) is 0 Å². The molecule has 0 radical (unpaired) electrons. The fourth-order valence-electron chi connectivity index (χ4n) is 7.25. The predicted molar refractivity (Wildman–Crippen MR) is 135 cm³/mol. The standard InChI is InChI=1S/C29H38Si/c1-19-26(30(8)9)24(20-14-10-11-15-20)23-18-21-16-12-13-17-22(21)25(23)29(19,27(2,3)4)28(5,6)7/h10-14,16-18,30H,15H2,1-9H3. The molecule has 0 heterocycles. The van der Waals surface area contributed by atoms with E-state index in [1.165, 1.54) is 21.6 Å². The van der Waals surface area contributed by atoms with Gasteiger partial charge in [0.25, 0.3) is 0 Å². The number of hydrogen-bond donors (Lipinski definition) is 0. The molecule has 3 aliphatic rings. The van der Waals surface area contributed by atoms with Crippen LogP contribution in [0.25, 0.3) is 11.6 Å². The number of hydrogen-bond acceptors (Lipinski definition) is 0. The second-order valence-electron chi connectivity index (χ2n) is 11.7. The summed E-state index contributed by atoms with van der Waals surface area (Å²) < 4.78 is 0. The van der Waals surface area contributed by atoms with E-state index in [-0.39, 0.29) is 16.2 Å². The van der Waals surface area contributed by atoms with E-state index < -0.39 is 8.80 Å². The van der Waals surface area contributed by atoms with Gasteiger partial charge in [0.15, 0.2) is 0 Å². The van der Waals surface area contributed by atoms with Crippen molar-refractivity contribution in [3.8, 4) is 0 Å². The Morgan fingerprint density at radius 1 is 0.933 bits per heavy atom. The Hall–Kier alpha value is -1.86. The highest BCUT2D eigenvalue weighted by Crippen LogP contribution is 2.66. The van der Waals surface area contributed by atoms with Crippen molar-refractivity contribution in [2.75, 3.05) is 0 Å². The van der Waals surface area contributed by atoms with E-state index in [9.17, 15) is 0 Å². The molecule has 0 nitrogen and oxygen atoms in total. The summed E-state index contributed by atoms with van der Waals surface area (Å²) in [5, 5.41) is 4.55. The highest BCUT2D eigenvalue weighted by Gasteiger charge is 2.58. The van der Waals surface area contributed by atoms with E-state index >= 15 is 0 Å². The lowest BCUT2D eigenvalue weighted by Gasteiger charge is -2.59. The van der Waals surface area contributed by atoms with Gasteiger partial charge in [0.2, 0.25) is 0 Å². The lowest BCUT2D eigenvalue weighted by atomic mass is 9.45. The van der Waals surface area contributed by atoms with Gasteiger partial charge in [-0.05, 0) is 63.0 Å². The van der Waals surface area contributed by atoms with Gasteiger partial charge in [-0.2, -0.15) is 0 Å². The molecule has 1 heteroatoms. The van der Waals surface area contributed by atoms with Crippen molar-refractivity contribution in [2.45, 2.75) is 68.0 Å². The summed E-state index contributed by atoms with van der Waals surface area (Å²) in [5.74, 6) is 0. The van der Waals surface area contributed by atoms with Crippen molar-refractivity contribution >= 4 is 20.4 Å². The monoisotopic (exact) mass is 414 g/mol. The molecule has 0 unspecified atom stereocenters. The Bertz CT molecular complexity index is 1130. The van der Waals surface area contributed by atoms with E-state index in [4.69, 9.17) is 0 Å². The molecular weight excluding hydrogens is 376 g/mol. The number of fused-ring (bicyclic) bond motifs is 2. The molecule has 0 spiro atoms. The summed E-state index contributed by atoms with van der Waals surface area (Å²) in [4.78, 5) is 0. The van der Waals surface area contributed by atoms with Gasteiger partial charge in [0, 0.05) is 5.41 Å². The first-order valence-electron chi connectivity index (χ1n) is 11.6. The van der Waals surface area contributed by atoms with Gasteiger partial charge in [-0.1, -0.05) is 108 Å². The van der Waals surface area contributed by atoms with Crippen molar-refractivity contribution in [2.24, 2.45) is 16.2 Å². The minimum atomic E-state index is -1.08. The van der Waals surface area contributed by atoms with Crippen LogP contribution in [-0.4, -0.2) is 8.80 Å². The maximum Gasteiger partial charge on any atom is 0.0655 e. The molecule has 0 amide bonds. The molecule has 30 heavy (non-hydrogen) atoms. The van der Waals surface area contributed by atoms with Crippen LogP contribution in [0.4, 0.5) is 0 Å². The Labute approximate surface area is 185 Å². The molecule has 0 aromatic heterocycles. The molecule has 0 fully saturated rings. The average molecular weight is 415 g/mol. The lowest BCUT2D eigenvalue weighted by molar-refractivity contribution is 0.0637. The molecule has 0 bridgehead atoms. The van der Waals surface area contributed by atoms with Gasteiger partial charge in [-0.3, -0.25) is 0 Å². The van der Waals surface area contributed by atoms with Gasteiger partial charge in [-0.25, -0.2) is 0 Å². The largest absolute Gasteiger partial charge is 0.0801 e. The van der Waals surface area contributed by atoms with Crippen LogP contribution >= 0.6 is 0 Å². The number of allylic oxidation sites excluding steroid dienone is 8. The third-order valence-corrected chi connectivity index (χ3v) is 9.48. The van der Waals surface area contributed by atoms with Crippen LogP contribution in [0.2, 0.25) is 13.1 Å². The topological polar surface area (TPSA) is 0 Å². The van der Waals surface area contributed by atoms with Gasteiger partial charge < -0.3 is 0 Å². The van der Waals surface area contributed by atoms with Crippen molar-refractivity contribution in [3.63, 3.8) is 0 Å². The quantitative estimate of drug-likeness (QED) is 0.502. The van der Waals surface area contributed by atoms with Gasteiger partial charge in [0.1, 0.15) is 0 Å². The molecular formula is C29H38Si. The summed E-state index contributed by atoms with van der Waals surface area (Å²) in [6.45, 7) is 22.3. The SMILES string of the molecule is CC1=C([SiH](C)C)C(C2=CC=CC2)=C2C=c3ccccc3=C2C1(C(C)(C)C)C(C)(C)C. The van der Waals surface area contributed by atoms with Crippen LogP contribution in [0.5, 0.6) is 0 Å². The molecule has 4 rings (SSSR count). The van der Waals surface area contributed by atoms with E-state index in [0.717, 1.165) is 6.42 Å². The van der Waals surface area contributed by atoms with Crippen LogP contribution in [0.1, 0.15) is 54.9 Å². The zero-order chi connectivity index (χ0) is 22.1. The predicted octanol–water partition coefficient (Wildman–Crippen LogP) is 6.25. The third-order valence-electron chi connectivity index (χ3n) is 7.60. The second-order valence-corrected chi connectivity index (χ2v) is 14.5. The zero-order valence-corrected chi connectivity index (χ0v) is 21.6. The van der Waals surface area contributed by atoms with Crippen molar-refractivity contribution < 1.29 is 0 Å². The van der Waals surface area contributed by atoms with Crippen LogP contribution in [0.15, 0.2) is 70.0 Å². The lowest BCUT2D eigenvalue weighted by Crippen LogP contribution is -2.52. The molecule has 0 N–H and O–H groups in total. The van der Waals surface area contributed by atoms with Crippen LogP contribution in [0.3, 0.4) is 0 Å². The maximum absolute atomic E-state index is 2.52. The summed E-state index contributed by atoms with van der Waals surface area (Å²) in [6.07, 6.45) is 10.5. The van der Waals surface area contributed by atoms with Gasteiger partial charge in [0.05, 0.1) is 8.80 Å². The fourth-order valence-corrected chi connectivity index (χ4v) is 9.25. The highest BCUT2D eigenvalue weighted by atomic mass is 28.3. The first-order valence-corrected chi connectivity index (χ1v) is 14.5. The number of rotatable bonds is 2. The van der Waals surface area contributed by atoms with Crippen LogP contribution < -0.4 is 10.4 Å². The highest BCUT2D eigenvalue weighted by molar-refractivity contribution is 6.66. The summed E-state index contributed by atoms with van der Waals surface area (Å²) >= 11 is 0. The smallest absolute Gasteiger partial charge is 0.0655 e. The number of benzene rings is 1. The van der Waals surface area contributed by atoms with Crippen molar-refractivity contribution in [3.05, 3.63) is 80.4 Å². The third kappa shape index (κ3) is 2.70. The first-order chi connectivity index (χ1) is 13.9. The average Bonchev–Trinajstić information content (AvgIpc) is 3.26. The van der Waals surface area contributed by atoms with E-state index in [1.807, 2.05) is 0 Å². The van der Waals surface area contributed by atoms with Crippen LogP contribution in [-0.2, 0) is 0 Å². The summed E-state index contributed by atoms with van der Waals surface area (Å²) in [7, 11) is -1.08. The van der Waals surface area contributed by atoms with Crippen molar-refractivity contribution in [1.82, 2.24) is 0 Å². The molecule has 0 aliphatic heterocycles. The summed E-state index contributed by atoms with van der Waals surface area (Å²) in [5.41, 5.74) is 7.99. The zero-order valence-electron chi connectivity index (χ0n) is 20.4. The molecule has 3 aliphatic carbocycles. The molecule has 0 atom stereocenters. The minimum Gasteiger partial charge on any atom is -0.0801 e. The van der Waals surface area contributed by atoms with Crippen molar-refractivity contribution in [1.29, 1.82) is 0 Å². The Balaban J connectivity index is 2.28. The van der Waals surface area contributed by atoms with Crippen LogP contribution in [0, 0.1) is 16.2 Å². The molecule has 0 saturated carbocycles. The molecule has 1 aromatic rings. The normalized spacial score (nSPS) is 20.6. The molecule has 158 valence electrons. The van der Waals surface area contributed by atoms with E-state index in [0.29, 0.717) is 0 Å². The maximum atomic E-state index is 2.52. The second kappa shape index (κ2) is 6.82. The Kier molecular flexibility index (Phi) is 4.86. The molecule has 1 aromatic carbocycles. The first kappa shape index (κ1) is 21.4. The Morgan fingerprint density at radius 3 is 2.10 bits per heavy atom. The van der Waals surface area contributed by atoms with E-state index in [1.54, 1.807) is 21.9 Å². The Morgan fingerprint density at radius 2 is 1.57 bits per heavy atom. The van der Waals surface area contributed by atoms with E-state index in [2.05, 4.69) is 110 Å². The summed E-state index contributed by atoms with van der Waals surface area (Å²) in [6, 6.07) is 9.09. The van der Waals surface area contributed by atoms with Gasteiger partial charge >= 0.3 is 0 Å². The fraction of sp³-hybridized carbons (Fsp3) is 0.448. The molecule has 0 saturated heterocycles.